The van der Waals surface area contributed by atoms with Gasteiger partial charge < -0.3 is 9.84 Å². The SMILES string of the molecule is Clc1cnc(NCc2ncon2)nc1. The van der Waals surface area contributed by atoms with E-state index in [9.17, 15) is 0 Å². The fourth-order valence-electron chi connectivity index (χ4n) is 0.832. The number of anilines is 1. The van der Waals surface area contributed by atoms with Crippen molar-refractivity contribution in [2.24, 2.45) is 0 Å². The lowest BCUT2D eigenvalue weighted by Crippen LogP contribution is -2.04. The van der Waals surface area contributed by atoms with Crippen molar-refractivity contribution in [1.82, 2.24) is 20.1 Å². The molecule has 0 saturated carbocycles. The Morgan fingerprint density at radius 3 is 2.71 bits per heavy atom. The van der Waals surface area contributed by atoms with E-state index < -0.39 is 0 Å². The summed E-state index contributed by atoms with van der Waals surface area (Å²) >= 11 is 5.62. The number of nitrogens with one attached hydrogen (secondary N) is 1. The molecule has 0 unspecified atom stereocenters. The number of hydrogen-bond acceptors (Lipinski definition) is 6. The van der Waals surface area contributed by atoms with Crippen LogP contribution in [0, 0.1) is 0 Å². The van der Waals surface area contributed by atoms with Crippen molar-refractivity contribution in [3.05, 3.63) is 29.6 Å². The minimum absolute atomic E-state index is 0.415. The lowest BCUT2D eigenvalue weighted by Gasteiger charge is -1.99. The molecule has 0 aliphatic rings. The summed E-state index contributed by atoms with van der Waals surface area (Å²) in [5, 5.41) is 7.02. The van der Waals surface area contributed by atoms with Crippen molar-refractivity contribution in [3.63, 3.8) is 0 Å². The topological polar surface area (TPSA) is 76.7 Å². The fourth-order valence-corrected chi connectivity index (χ4v) is 0.930. The van der Waals surface area contributed by atoms with E-state index in [2.05, 4.69) is 29.9 Å². The maximum atomic E-state index is 5.62. The largest absolute Gasteiger partial charge is 0.347 e. The van der Waals surface area contributed by atoms with Crippen LogP contribution in [0.3, 0.4) is 0 Å². The first-order chi connectivity index (χ1) is 6.84. The summed E-state index contributed by atoms with van der Waals surface area (Å²) in [6.07, 6.45) is 4.28. The molecule has 72 valence electrons. The highest BCUT2D eigenvalue weighted by Gasteiger charge is 1.99. The van der Waals surface area contributed by atoms with Gasteiger partial charge >= 0.3 is 0 Å². The molecule has 7 heteroatoms. The summed E-state index contributed by atoms with van der Waals surface area (Å²) < 4.78 is 4.56. The quantitative estimate of drug-likeness (QED) is 0.820. The molecule has 2 aromatic heterocycles. The van der Waals surface area contributed by atoms with Crippen LogP contribution in [0.4, 0.5) is 5.95 Å². The van der Waals surface area contributed by atoms with Gasteiger partial charge in [-0.3, -0.25) is 0 Å². The van der Waals surface area contributed by atoms with Crippen molar-refractivity contribution in [2.75, 3.05) is 5.32 Å². The van der Waals surface area contributed by atoms with E-state index in [1.165, 1.54) is 18.8 Å². The minimum atomic E-state index is 0.415. The van der Waals surface area contributed by atoms with E-state index in [0.29, 0.717) is 23.3 Å². The summed E-state index contributed by atoms with van der Waals surface area (Å²) in [7, 11) is 0. The van der Waals surface area contributed by atoms with Crippen LogP contribution < -0.4 is 5.32 Å². The number of aromatic nitrogens is 4. The number of hydrogen-bond donors (Lipinski definition) is 1. The van der Waals surface area contributed by atoms with Gasteiger partial charge in [0.1, 0.15) is 0 Å². The highest BCUT2D eigenvalue weighted by molar-refractivity contribution is 6.30. The first-order valence-electron chi connectivity index (χ1n) is 3.81. The Morgan fingerprint density at radius 2 is 2.07 bits per heavy atom. The van der Waals surface area contributed by atoms with Gasteiger partial charge in [-0.2, -0.15) is 4.98 Å². The maximum Gasteiger partial charge on any atom is 0.223 e. The summed E-state index contributed by atoms with van der Waals surface area (Å²) in [4.78, 5) is 11.7. The van der Waals surface area contributed by atoms with Gasteiger partial charge in [0.05, 0.1) is 24.0 Å². The molecule has 0 atom stereocenters. The van der Waals surface area contributed by atoms with Crippen LogP contribution in [0.15, 0.2) is 23.3 Å². The standard InChI is InChI=1S/C7H6ClN5O/c8-5-1-9-7(10-2-5)11-3-6-12-4-14-13-6/h1-2,4H,3H2,(H,9,10,11). The van der Waals surface area contributed by atoms with Crippen LogP contribution in [-0.2, 0) is 6.54 Å². The first kappa shape index (κ1) is 8.89. The number of nitrogens with zero attached hydrogens (tertiary/aromatic N) is 4. The zero-order valence-electron chi connectivity index (χ0n) is 7.01. The van der Waals surface area contributed by atoms with E-state index in [1.807, 2.05) is 0 Å². The second-order valence-electron chi connectivity index (χ2n) is 2.43. The van der Waals surface area contributed by atoms with Gasteiger partial charge in [0, 0.05) is 0 Å². The monoisotopic (exact) mass is 211 g/mol. The van der Waals surface area contributed by atoms with Crippen LogP contribution in [0.5, 0.6) is 0 Å². The highest BCUT2D eigenvalue weighted by atomic mass is 35.5. The molecule has 0 aliphatic heterocycles. The molecule has 0 fully saturated rings. The van der Waals surface area contributed by atoms with Crippen LogP contribution in [0.25, 0.3) is 0 Å². The predicted octanol–water partition coefficient (Wildman–Crippen LogP) is 1.13. The van der Waals surface area contributed by atoms with Crippen molar-refractivity contribution in [1.29, 1.82) is 0 Å². The number of halogens is 1. The second kappa shape index (κ2) is 4.01. The summed E-state index contributed by atoms with van der Waals surface area (Å²) in [6.45, 7) is 0.415. The predicted molar refractivity (Wildman–Crippen MR) is 48.7 cm³/mol. The van der Waals surface area contributed by atoms with Crippen LogP contribution in [0.1, 0.15) is 5.82 Å². The molecular weight excluding hydrogens is 206 g/mol. The van der Waals surface area contributed by atoms with Gasteiger partial charge in [0.25, 0.3) is 0 Å². The molecule has 0 aliphatic carbocycles. The molecule has 14 heavy (non-hydrogen) atoms. The normalized spacial score (nSPS) is 10.1. The van der Waals surface area contributed by atoms with Gasteiger partial charge in [0.15, 0.2) is 5.82 Å². The molecule has 6 nitrogen and oxygen atoms in total. The van der Waals surface area contributed by atoms with E-state index in [-0.39, 0.29) is 0 Å². The molecule has 0 spiro atoms. The van der Waals surface area contributed by atoms with Crippen LogP contribution >= 0.6 is 11.6 Å². The third kappa shape index (κ3) is 2.17. The lowest BCUT2D eigenvalue weighted by atomic mass is 10.6. The molecule has 0 radical (unpaired) electrons. The van der Waals surface area contributed by atoms with Gasteiger partial charge in [-0.25, -0.2) is 9.97 Å². The average molecular weight is 212 g/mol. The molecule has 2 rings (SSSR count). The third-order valence-corrected chi connectivity index (χ3v) is 1.63. The molecule has 0 aromatic carbocycles. The number of rotatable bonds is 3. The Labute approximate surface area is 84.3 Å². The Morgan fingerprint density at radius 1 is 1.29 bits per heavy atom. The maximum absolute atomic E-state index is 5.62. The minimum Gasteiger partial charge on any atom is -0.347 e. The van der Waals surface area contributed by atoms with E-state index >= 15 is 0 Å². The van der Waals surface area contributed by atoms with Crippen molar-refractivity contribution >= 4 is 17.5 Å². The van der Waals surface area contributed by atoms with Gasteiger partial charge in [-0.05, 0) is 0 Å². The van der Waals surface area contributed by atoms with E-state index in [4.69, 9.17) is 11.6 Å². The van der Waals surface area contributed by atoms with Crippen LogP contribution in [-0.4, -0.2) is 20.1 Å². The Balaban J connectivity index is 1.95. The molecule has 0 amide bonds. The zero-order valence-corrected chi connectivity index (χ0v) is 7.77. The Hall–Kier alpha value is -1.69. The van der Waals surface area contributed by atoms with Gasteiger partial charge in [-0.15, -0.1) is 0 Å². The summed E-state index contributed by atoms with van der Waals surface area (Å²) in [5.41, 5.74) is 0. The lowest BCUT2D eigenvalue weighted by molar-refractivity contribution is 0.411. The summed E-state index contributed by atoms with van der Waals surface area (Å²) in [5.74, 6) is 1.02. The molecule has 0 saturated heterocycles. The molecule has 1 N–H and O–H groups in total. The van der Waals surface area contributed by atoms with Crippen molar-refractivity contribution in [3.8, 4) is 0 Å². The van der Waals surface area contributed by atoms with Crippen LogP contribution in [0.2, 0.25) is 5.02 Å². The van der Waals surface area contributed by atoms with Crippen molar-refractivity contribution in [2.45, 2.75) is 6.54 Å². The molecular formula is C7H6ClN5O. The Kier molecular flexibility index (Phi) is 2.55. The zero-order chi connectivity index (χ0) is 9.80. The van der Waals surface area contributed by atoms with E-state index in [1.54, 1.807) is 0 Å². The summed E-state index contributed by atoms with van der Waals surface area (Å²) in [6, 6.07) is 0. The average Bonchev–Trinajstić information content (AvgIpc) is 2.70. The Bertz CT molecular complexity index is 387. The smallest absolute Gasteiger partial charge is 0.223 e. The third-order valence-electron chi connectivity index (χ3n) is 1.43. The van der Waals surface area contributed by atoms with E-state index in [0.717, 1.165) is 0 Å². The molecule has 2 heterocycles. The van der Waals surface area contributed by atoms with Gasteiger partial charge in [-0.1, -0.05) is 16.8 Å². The second-order valence-corrected chi connectivity index (χ2v) is 2.86. The fraction of sp³-hybridized carbons (Fsp3) is 0.143. The molecule has 2 aromatic rings. The van der Waals surface area contributed by atoms with Crippen molar-refractivity contribution < 1.29 is 4.52 Å². The first-order valence-corrected chi connectivity index (χ1v) is 4.19. The highest BCUT2D eigenvalue weighted by Crippen LogP contribution is 2.05. The van der Waals surface area contributed by atoms with Gasteiger partial charge in [0.2, 0.25) is 12.3 Å². The molecule has 0 bridgehead atoms.